The Morgan fingerprint density at radius 2 is 2.15 bits per heavy atom. The van der Waals surface area contributed by atoms with Crippen LogP contribution in [0, 0.1) is 6.92 Å². The van der Waals surface area contributed by atoms with E-state index in [1.165, 1.54) is 0 Å². The molecule has 1 aromatic rings. The van der Waals surface area contributed by atoms with Crippen molar-refractivity contribution in [1.29, 1.82) is 0 Å². The molecule has 5 heteroatoms. The average molecular weight is 280 g/mol. The summed E-state index contributed by atoms with van der Waals surface area (Å²) in [5, 5.41) is 5.86. The summed E-state index contributed by atoms with van der Waals surface area (Å²) in [7, 11) is 3.28. The Labute approximate surface area is 120 Å². The minimum absolute atomic E-state index is 0.135. The van der Waals surface area contributed by atoms with Gasteiger partial charge in [-0.05, 0) is 19.9 Å². The smallest absolute Gasteiger partial charge is 0.260 e. The Hall–Kier alpha value is -1.59. The maximum absolute atomic E-state index is 11.5. The van der Waals surface area contributed by atoms with Gasteiger partial charge in [0, 0.05) is 32.8 Å². The summed E-state index contributed by atoms with van der Waals surface area (Å²) in [4.78, 5) is 11.5. The normalized spacial score (nSPS) is 12.0. The van der Waals surface area contributed by atoms with Gasteiger partial charge in [0.1, 0.15) is 5.75 Å². The fraction of sp³-hybridized carbons (Fsp3) is 0.533. The van der Waals surface area contributed by atoms with E-state index >= 15 is 0 Å². The molecule has 1 aromatic carbocycles. The van der Waals surface area contributed by atoms with Gasteiger partial charge in [0.05, 0.1) is 6.61 Å². The van der Waals surface area contributed by atoms with Crippen LogP contribution in [-0.2, 0) is 16.1 Å². The predicted molar refractivity (Wildman–Crippen MR) is 78.9 cm³/mol. The predicted octanol–water partition coefficient (Wildman–Crippen LogP) is 1.24. The van der Waals surface area contributed by atoms with E-state index in [0.717, 1.165) is 23.4 Å². The molecule has 1 atom stereocenters. The van der Waals surface area contributed by atoms with Crippen LogP contribution in [0.15, 0.2) is 18.2 Å². The average Bonchev–Trinajstić information content (AvgIpc) is 2.45. The number of rotatable bonds is 8. The number of nitrogens with one attached hydrogen (secondary N) is 2. The van der Waals surface area contributed by atoms with Crippen molar-refractivity contribution in [3.05, 3.63) is 29.3 Å². The standard InChI is InChI=1S/C15H24N2O3/c1-11-5-6-14(20-12(2)15(18)16-3)13(9-11)10-17-7-8-19-4/h5-6,9,12,17H,7-8,10H2,1-4H3,(H,16,18). The molecule has 0 saturated heterocycles. The maximum Gasteiger partial charge on any atom is 0.260 e. The minimum Gasteiger partial charge on any atom is -0.481 e. The Morgan fingerprint density at radius 1 is 1.40 bits per heavy atom. The molecule has 5 nitrogen and oxygen atoms in total. The van der Waals surface area contributed by atoms with Crippen molar-refractivity contribution in [2.75, 3.05) is 27.3 Å². The highest BCUT2D eigenvalue weighted by Crippen LogP contribution is 2.21. The molecule has 0 saturated carbocycles. The van der Waals surface area contributed by atoms with E-state index in [4.69, 9.17) is 9.47 Å². The lowest BCUT2D eigenvalue weighted by molar-refractivity contribution is -0.126. The van der Waals surface area contributed by atoms with Crippen molar-refractivity contribution in [2.24, 2.45) is 0 Å². The van der Waals surface area contributed by atoms with Crippen molar-refractivity contribution in [3.8, 4) is 5.75 Å². The molecule has 0 aliphatic rings. The molecule has 112 valence electrons. The van der Waals surface area contributed by atoms with Gasteiger partial charge in [-0.25, -0.2) is 0 Å². The molecule has 0 bridgehead atoms. The zero-order valence-corrected chi connectivity index (χ0v) is 12.7. The number of amides is 1. The van der Waals surface area contributed by atoms with E-state index < -0.39 is 6.10 Å². The zero-order chi connectivity index (χ0) is 15.0. The summed E-state index contributed by atoms with van der Waals surface area (Å²) >= 11 is 0. The Kier molecular flexibility index (Phi) is 7.04. The van der Waals surface area contributed by atoms with Crippen molar-refractivity contribution < 1.29 is 14.3 Å². The second kappa shape index (κ2) is 8.55. The van der Waals surface area contributed by atoms with E-state index in [1.807, 2.05) is 19.1 Å². The second-order valence-electron chi connectivity index (χ2n) is 4.66. The molecule has 0 aromatic heterocycles. The lowest BCUT2D eigenvalue weighted by Crippen LogP contribution is -2.34. The number of benzene rings is 1. The number of carbonyl (C=O) groups excluding carboxylic acids is 1. The van der Waals surface area contributed by atoms with Gasteiger partial charge in [0.15, 0.2) is 6.10 Å². The lowest BCUT2D eigenvalue weighted by atomic mass is 10.1. The molecule has 0 spiro atoms. The van der Waals surface area contributed by atoms with Crippen LogP contribution in [0.3, 0.4) is 0 Å². The fourth-order valence-corrected chi connectivity index (χ4v) is 1.81. The van der Waals surface area contributed by atoms with Crippen LogP contribution in [0.2, 0.25) is 0 Å². The molecule has 0 heterocycles. The number of methoxy groups -OCH3 is 1. The molecule has 1 unspecified atom stereocenters. The third-order valence-corrected chi connectivity index (χ3v) is 2.93. The highest BCUT2D eigenvalue weighted by atomic mass is 16.5. The molecule has 1 amide bonds. The van der Waals surface area contributed by atoms with E-state index in [2.05, 4.69) is 16.7 Å². The van der Waals surface area contributed by atoms with Gasteiger partial charge >= 0.3 is 0 Å². The number of carbonyl (C=O) groups is 1. The summed E-state index contributed by atoms with van der Waals surface area (Å²) in [6.07, 6.45) is -0.513. The number of ether oxygens (including phenoxy) is 2. The highest BCUT2D eigenvalue weighted by molar-refractivity contribution is 5.80. The summed E-state index contributed by atoms with van der Waals surface area (Å²) in [6, 6.07) is 5.94. The monoisotopic (exact) mass is 280 g/mol. The van der Waals surface area contributed by atoms with Crippen LogP contribution < -0.4 is 15.4 Å². The second-order valence-corrected chi connectivity index (χ2v) is 4.66. The third-order valence-electron chi connectivity index (χ3n) is 2.93. The number of hydrogen-bond donors (Lipinski definition) is 2. The van der Waals surface area contributed by atoms with Gasteiger partial charge in [-0.1, -0.05) is 17.7 Å². The van der Waals surface area contributed by atoms with Gasteiger partial charge < -0.3 is 20.1 Å². The van der Waals surface area contributed by atoms with Gasteiger partial charge in [0.2, 0.25) is 0 Å². The SMILES string of the molecule is CNC(=O)C(C)Oc1ccc(C)cc1CNCCOC. The number of likely N-dealkylation sites (N-methyl/N-ethyl adjacent to an activating group) is 1. The summed E-state index contributed by atoms with van der Waals surface area (Å²) in [6.45, 7) is 5.89. The molecular formula is C15H24N2O3. The van der Waals surface area contributed by atoms with E-state index in [0.29, 0.717) is 13.2 Å². The van der Waals surface area contributed by atoms with E-state index in [1.54, 1.807) is 21.1 Å². The topological polar surface area (TPSA) is 59.6 Å². The van der Waals surface area contributed by atoms with Crippen LogP contribution in [0.1, 0.15) is 18.1 Å². The van der Waals surface area contributed by atoms with Crippen molar-refractivity contribution >= 4 is 5.91 Å². The molecule has 20 heavy (non-hydrogen) atoms. The lowest BCUT2D eigenvalue weighted by Gasteiger charge is -2.17. The molecule has 0 aliphatic heterocycles. The van der Waals surface area contributed by atoms with Crippen LogP contribution >= 0.6 is 0 Å². The summed E-state index contributed by atoms with van der Waals surface area (Å²) in [5.74, 6) is 0.598. The minimum atomic E-state index is -0.513. The Bertz CT molecular complexity index is 435. The fourth-order valence-electron chi connectivity index (χ4n) is 1.81. The highest BCUT2D eigenvalue weighted by Gasteiger charge is 2.14. The van der Waals surface area contributed by atoms with Crippen molar-refractivity contribution in [2.45, 2.75) is 26.5 Å². The summed E-state index contributed by atoms with van der Waals surface area (Å²) in [5.41, 5.74) is 2.20. The Morgan fingerprint density at radius 3 is 2.80 bits per heavy atom. The molecular weight excluding hydrogens is 256 g/mol. The molecule has 2 N–H and O–H groups in total. The summed E-state index contributed by atoms with van der Waals surface area (Å²) < 4.78 is 10.7. The number of hydrogen-bond acceptors (Lipinski definition) is 4. The van der Waals surface area contributed by atoms with Crippen LogP contribution in [0.25, 0.3) is 0 Å². The zero-order valence-electron chi connectivity index (χ0n) is 12.7. The number of aryl methyl sites for hydroxylation is 1. The van der Waals surface area contributed by atoms with Crippen LogP contribution in [0.5, 0.6) is 5.75 Å². The first-order valence-electron chi connectivity index (χ1n) is 6.76. The van der Waals surface area contributed by atoms with E-state index in [9.17, 15) is 4.79 Å². The first-order valence-corrected chi connectivity index (χ1v) is 6.76. The van der Waals surface area contributed by atoms with Crippen LogP contribution in [0.4, 0.5) is 0 Å². The van der Waals surface area contributed by atoms with E-state index in [-0.39, 0.29) is 5.91 Å². The first kappa shape index (κ1) is 16.5. The largest absolute Gasteiger partial charge is 0.481 e. The van der Waals surface area contributed by atoms with Crippen molar-refractivity contribution in [1.82, 2.24) is 10.6 Å². The first-order chi connectivity index (χ1) is 9.58. The van der Waals surface area contributed by atoms with Gasteiger partial charge in [-0.2, -0.15) is 0 Å². The molecule has 0 aliphatic carbocycles. The third kappa shape index (κ3) is 5.19. The van der Waals surface area contributed by atoms with Crippen molar-refractivity contribution in [3.63, 3.8) is 0 Å². The Balaban J connectivity index is 2.71. The maximum atomic E-state index is 11.5. The molecule has 0 radical (unpaired) electrons. The van der Waals surface area contributed by atoms with Gasteiger partial charge in [-0.15, -0.1) is 0 Å². The quantitative estimate of drug-likeness (QED) is 0.704. The van der Waals surface area contributed by atoms with Crippen LogP contribution in [-0.4, -0.2) is 39.3 Å². The van der Waals surface area contributed by atoms with Gasteiger partial charge in [0.25, 0.3) is 5.91 Å². The van der Waals surface area contributed by atoms with Gasteiger partial charge in [-0.3, -0.25) is 4.79 Å². The molecule has 0 fully saturated rings. The molecule has 1 rings (SSSR count).